The monoisotopic (exact) mass is 246 g/mol. The number of fused-ring (bicyclic) bond motifs is 1. The largest absolute Gasteiger partial charge is 0.497 e. The molecule has 0 saturated heterocycles. The molecule has 1 aliphatic rings. The molecule has 1 aliphatic carbocycles. The van der Waals surface area contributed by atoms with Gasteiger partial charge in [0, 0.05) is 12.1 Å². The zero-order valence-electron chi connectivity index (χ0n) is 9.64. The number of allylic oxidation sites excluding steroid dienone is 2. The molecule has 0 aliphatic heterocycles. The summed E-state index contributed by atoms with van der Waals surface area (Å²) < 4.78 is 8.23. The average Bonchev–Trinajstić information content (AvgIpc) is 2.93. The third-order valence-corrected chi connectivity index (χ3v) is 3.57. The number of benzene rings is 1. The van der Waals surface area contributed by atoms with E-state index in [1.165, 1.54) is 0 Å². The molecule has 1 aromatic heterocycles. The summed E-state index contributed by atoms with van der Waals surface area (Å²) >= 11 is 5.41. The smallest absolute Gasteiger partial charge is 0.178 e. The van der Waals surface area contributed by atoms with E-state index in [0.29, 0.717) is 6.04 Å². The fourth-order valence-corrected chi connectivity index (χ4v) is 2.77. The Labute approximate surface area is 105 Å². The second kappa shape index (κ2) is 4.04. The van der Waals surface area contributed by atoms with E-state index in [1.54, 1.807) is 7.11 Å². The number of aromatic nitrogens is 2. The number of hydrogen-bond acceptors (Lipinski definition) is 2. The summed E-state index contributed by atoms with van der Waals surface area (Å²) in [6.45, 7) is 0. The van der Waals surface area contributed by atoms with Crippen LogP contribution in [-0.4, -0.2) is 16.7 Å². The fraction of sp³-hybridized carbons (Fsp3) is 0.308. The van der Waals surface area contributed by atoms with Crippen LogP contribution in [0.25, 0.3) is 11.0 Å². The van der Waals surface area contributed by atoms with Gasteiger partial charge in [-0.3, -0.25) is 0 Å². The highest BCUT2D eigenvalue weighted by Crippen LogP contribution is 2.29. The molecule has 0 atom stereocenters. The van der Waals surface area contributed by atoms with Crippen molar-refractivity contribution >= 4 is 23.3 Å². The maximum absolute atomic E-state index is 5.41. The van der Waals surface area contributed by atoms with Gasteiger partial charge in [0.05, 0.1) is 18.1 Å². The van der Waals surface area contributed by atoms with Crippen molar-refractivity contribution in [2.45, 2.75) is 18.9 Å². The van der Waals surface area contributed by atoms with Crippen LogP contribution in [0.1, 0.15) is 18.9 Å². The van der Waals surface area contributed by atoms with Crippen molar-refractivity contribution in [3.63, 3.8) is 0 Å². The van der Waals surface area contributed by atoms with Crippen molar-refractivity contribution in [2.75, 3.05) is 7.11 Å². The molecule has 88 valence electrons. The zero-order chi connectivity index (χ0) is 11.8. The first-order valence-corrected chi connectivity index (χ1v) is 6.13. The number of imidazole rings is 1. The van der Waals surface area contributed by atoms with Crippen LogP contribution in [0, 0.1) is 4.77 Å². The Kier molecular flexibility index (Phi) is 2.52. The maximum atomic E-state index is 5.41. The third-order valence-electron chi connectivity index (χ3n) is 3.27. The summed E-state index contributed by atoms with van der Waals surface area (Å²) in [6, 6.07) is 6.50. The van der Waals surface area contributed by atoms with Gasteiger partial charge in [0.2, 0.25) is 0 Å². The molecule has 1 aromatic carbocycles. The first-order chi connectivity index (χ1) is 8.29. The van der Waals surface area contributed by atoms with Gasteiger partial charge in [-0.05, 0) is 37.2 Å². The van der Waals surface area contributed by atoms with Crippen molar-refractivity contribution in [3.8, 4) is 5.75 Å². The van der Waals surface area contributed by atoms with Gasteiger partial charge < -0.3 is 14.3 Å². The molecule has 0 unspecified atom stereocenters. The molecular weight excluding hydrogens is 232 g/mol. The van der Waals surface area contributed by atoms with E-state index in [2.05, 4.69) is 27.8 Å². The van der Waals surface area contributed by atoms with Crippen molar-refractivity contribution < 1.29 is 4.74 Å². The Morgan fingerprint density at radius 1 is 1.35 bits per heavy atom. The molecule has 1 N–H and O–H groups in total. The molecule has 0 fully saturated rings. The second-order valence-corrected chi connectivity index (χ2v) is 4.67. The van der Waals surface area contributed by atoms with Gasteiger partial charge in [-0.1, -0.05) is 12.2 Å². The summed E-state index contributed by atoms with van der Waals surface area (Å²) in [6.07, 6.45) is 6.56. The van der Waals surface area contributed by atoms with Crippen molar-refractivity contribution in [3.05, 3.63) is 35.1 Å². The minimum atomic E-state index is 0.463. The fourth-order valence-electron chi connectivity index (χ4n) is 2.41. The number of aromatic amines is 1. The van der Waals surface area contributed by atoms with E-state index in [0.717, 1.165) is 34.4 Å². The van der Waals surface area contributed by atoms with Crippen LogP contribution in [0.4, 0.5) is 0 Å². The first kappa shape index (κ1) is 10.6. The van der Waals surface area contributed by atoms with Crippen LogP contribution in [-0.2, 0) is 0 Å². The number of hydrogen-bond donors (Lipinski definition) is 1. The Balaban J connectivity index is 2.17. The van der Waals surface area contributed by atoms with Gasteiger partial charge in [-0.15, -0.1) is 0 Å². The predicted molar refractivity (Wildman–Crippen MR) is 71.1 cm³/mol. The van der Waals surface area contributed by atoms with Gasteiger partial charge in [0.25, 0.3) is 0 Å². The van der Waals surface area contributed by atoms with Gasteiger partial charge in [0.1, 0.15) is 5.75 Å². The van der Waals surface area contributed by atoms with Crippen LogP contribution < -0.4 is 4.74 Å². The van der Waals surface area contributed by atoms with Crippen LogP contribution in [0.2, 0.25) is 0 Å². The normalized spacial score (nSPS) is 15.8. The van der Waals surface area contributed by atoms with Crippen LogP contribution in [0.15, 0.2) is 30.4 Å². The van der Waals surface area contributed by atoms with Crippen LogP contribution in [0.3, 0.4) is 0 Å². The lowest BCUT2D eigenvalue weighted by Crippen LogP contribution is -2.04. The second-order valence-electron chi connectivity index (χ2n) is 4.28. The molecule has 0 radical (unpaired) electrons. The van der Waals surface area contributed by atoms with E-state index in [-0.39, 0.29) is 0 Å². The van der Waals surface area contributed by atoms with Crippen molar-refractivity contribution in [1.29, 1.82) is 0 Å². The molecule has 3 rings (SSSR count). The van der Waals surface area contributed by atoms with Gasteiger partial charge in [-0.25, -0.2) is 0 Å². The highest BCUT2D eigenvalue weighted by atomic mass is 32.1. The van der Waals surface area contributed by atoms with Gasteiger partial charge >= 0.3 is 0 Å². The van der Waals surface area contributed by atoms with Crippen molar-refractivity contribution in [2.24, 2.45) is 0 Å². The minimum Gasteiger partial charge on any atom is -0.497 e. The Bertz CT molecular complexity index is 630. The molecule has 0 saturated carbocycles. The first-order valence-electron chi connectivity index (χ1n) is 5.73. The van der Waals surface area contributed by atoms with E-state index < -0.39 is 0 Å². The SMILES string of the molecule is COc1ccc2c(c1)[nH]c(=S)n2C1CC=CC1. The van der Waals surface area contributed by atoms with E-state index >= 15 is 0 Å². The zero-order valence-corrected chi connectivity index (χ0v) is 10.5. The number of ether oxygens (including phenoxy) is 1. The molecular formula is C13H14N2OS. The minimum absolute atomic E-state index is 0.463. The molecule has 17 heavy (non-hydrogen) atoms. The van der Waals surface area contributed by atoms with E-state index in [9.17, 15) is 0 Å². The molecule has 0 amide bonds. The van der Waals surface area contributed by atoms with E-state index in [4.69, 9.17) is 17.0 Å². The predicted octanol–water partition coefficient (Wildman–Crippen LogP) is 3.60. The molecule has 1 heterocycles. The molecule has 2 aromatic rings. The summed E-state index contributed by atoms with van der Waals surface area (Å²) in [5, 5.41) is 0. The van der Waals surface area contributed by atoms with Crippen molar-refractivity contribution in [1.82, 2.24) is 9.55 Å². The number of methoxy groups -OCH3 is 1. The summed E-state index contributed by atoms with van der Waals surface area (Å²) in [4.78, 5) is 3.25. The number of nitrogens with one attached hydrogen (secondary N) is 1. The lowest BCUT2D eigenvalue weighted by molar-refractivity contribution is 0.415. The number of H-pyrrole nitrogens is 1. The molecule has 0 spiro atoms. The Morgan fingerprint density at radius 3 is 2.82 bits per heavy atom. The summed E-state index contributed by atoms with van der Waals surface area (Å²) in [5.41, 5.74) is 2.20. The third kappa shape index (κ3) is 1.69. The molecule has 3 nitrogen and oxygen atoms in total. The summed E-state index contributed by atoms with van der Waals surface area (Å²) in [5.74, 6) is 0.852. The highest BCUT2D eigenvalue weighted by molar-refractivity contribution is 7.71. The number of nitrogens with zero attached hydrogens (tertiary/aromatic N) is 1. The van der Waals surface area contributed by atoms with Crippen LogP contribution in [0.5, 0.6) is 5.75 Å². The van der Waals surface area contributed by atoms with Gasteiger partial charge in [0.15, 0.2) is 4.77 Å². The molecule has 0 bridgehead atoms. The molecule has 4 heteroatoms. The van der Waals surface area contributed by atoms with Crippen LogP contribution >= 0.6 is 12.2 Å². The average molecular weight is 246 g/mol. The standard InChI is InChI=1S/C13H14N2OS/c1-16-10-6-7-12-11(8-10)14-13(17)15(12)9-4-2-3-5-9/h2-3,6-9H,4-5H2,1H3,(H,14,17). The van der Waals surface area contributed by atoms with Gasteiger partial charge in [-0.2, -0.15) is 0 Å². The van der Waals surface area contributed by atoms with E-state index in [1.807, 2.05) is 12.1 Å². The topological polar surface area (TPSA) is 29.9 Å². The Hall–Kier alpha value is -1.55. The Morgan fingerprint density at radius 2 is 2.12 bits per heavy atom. The lowest BCUT2D eigenvalue weighted by atomic mass is 10.2. The number of rotatable bonds is 2. The quantitative estimate of drug-likeness (QED) is 0.648. The highest BCUT2D eigenvalue weighted by Gasteiger charge is 2.16. The maximum Gasteiger partial charge on any atom is 0.178 e. The summed E-state index contributed by atoms with van der Waals surface area (Å²) in [7, 11) is 1.67. The lowest BCUT2D eigenvalue weighted by Gasteiger charge is -2.12.